The number of nitrogens with one attached hydrogen (secondary N) is 1. The fourth-order valence-corrected chi connectivity index (χ4v) is 4.72. The highest BCUT2D eigenvalue weighted by molar-refractivity contribution is 6.33. The Labute approximate surface area is 200 Å². The molecule has 1 fully saturated rings. The van der Waals surface area contributed by atoms with Crippen LogP contribution >= 0.6 is 11.6 Å². The van der Waals surface area contributed by atoms with Crippen LogP contribution in [0.3, 0.4) is 0 Å². The van der Waals surface area contributed by atoms with E-state index in [0.717, 1.165) is 30.0 Å². The third-order valence-electron chi connectivity index (χ3n) is 6.28. The summed E-state index contributed by atoms with van der Waals surface area (Å²) in [6.45, 7) is 6.97. The summed E-state index contributed by atoms with van der Waals surface area (Å²) in [7, 11) is 1.66. The van der Waals surface area contributed by atoms with E-state index in [0.29, 0.717) is 29.5 Å². The van der Waals surface area contributed by atoms with Crippen molar-refractivity contribution in [2.75, 3.05) is 26.7 Å². The average Bonchev–Trinajstić information content (AvgIpc) is 3.44. The number of benzene rings is 2. The van der Waals surface area contributed by atoms with Crippen molar-refractivity contribution in [1.82, 2.24) is 20.0 Å². The molecule has 0 bridgehead atoms. The number of amides is 1. The molecule has 1 aliphatic rings. The highest BCUT2D eigenvalue weighted by Gasteiger charge is 2.26. The van der Waals surface area contributed by atoms with E-state index in [1.165, 1.54) is 18.4 Å². The largest absolute Gasteiger partial charge is 0.497 e. The second-order valence-electron chi connectivity index (χ2n) is 8.64. The Morgan fingerprint density at radius 2 is 1.76 bits per heavy atom. The molecule has 0 spiro atoms. The lowest BCUT2D eigenvalue weighted by molar-refractivity contribution is 0.0937. The smallest absolute Gasteiger partial charge is 0.256 e. The zero-order valence-corrected chi connectivity index (χ0v) is 20.2. The Balaban J connectivity index is 1.49. The average molecular weight is 467 g/mol. The summed E-state index contributed by atoms with van der Waals surface area (Å²) in [5, 5.41) is 8.02. The van der Waals surface area contributed by atoms with Gasteiger partial charge in [0, 0.05) is 6.54 Å². The van der Waals surface area contributed by atoms with E-state index in [4.69, 9.17) is 16.3 Å². The molecule has 0 aliphatic carbocycles. The molecule has 2 heterocycles. The van der Waals surface area contributed by atoms with E-state index in [2.05, 4.69) is 58.6 Å². The minimum Gasteiger partial charge on any atom is -0.497 e. The Hall–Kier alpha value is -2.83. The molecule has 1 saturated heterocycles. The zero-order valence-electron chi connectivity index (χ0n) is 19.5. The summed E-state index contributed by atoms with van der Waals surface area (Å²) in [4.78, 5) is 15.6. The van der Waals surface area contributed by atoms with Gasteiger partial charge in [0.15, 0.2) is 0 Å². The number of likely N-dealkylation sites (tertiary alicyclic amines) is 1. The number of carbonyl (C=O) groups excluding carboxylic acids is 1. The van der Waals surface area contributed by atoms with Gasteiger partial charge in [-0.15, -0.1) is 0 Å². The summed E-state index contributed by atoms with van der Waals surface area (Å²) < 4.78 is 6.99. The highest BCUT2D eigenvalue weighted by atomic mass is 35.5. The Morgan fingerprint density at radius 3 is 2.39 bits per heavy atom. The number of hydrogen-bond acceptors (Lipinski definition) is 4. The van der Waals surface area contributed by atoms with Crippen LogP contribution in [0, 0.1) is 13.8 Å². The number of methoxy groups -OCH3 is 1. The van der Waals surface area contributed by atoms with Crippen molar-refractivity contribution in [3.8, 4) is 5.75 Å². The summed E-state index contributed by atoms with van der Waals surface area (Å²) in [6.07, 6.45) is 2.36. The normalized spacial score (nSPS) is 14.9. The SMILES string of the molecule is COc1ccc([C@@H](CNC(=O)c2c(C)nn(Cc3ccc(C)cc3)c2Cl)N2CCCC2)cc1. The first-order chi connectivity index (χ1) is 16.0. The van der Waals surface area contributed by atoms with E-state index in [1.54, 1.807) is 11.8 Å². The zero-order chi connectivity index (χ0) is 23.4. The van der Waals surface area contributed by atoms with E-state index in [9.17, 15) is 4.79 Å². The maximum Gasteiger partial charge on any atom is 0.256 e. The highest BCUT2D eigenvalue weighted by Crippen LogP contribution is 2.27. The van der Waals surface area contributed by atoms with Crippen molar-refractivity contribution in [1.29, 1.82) is 0 Å². The monoisotopic (exact) mass is 466 g/mol. The summed E-state index contributed by atoms with van der Waals surface area (Å²) in [5.41, 5.74) is 4.53. The van der Waals surface area contributed by atoms with Gasteiger partial charge in [0.25, 0.3) is 5.91 Å². The maximum absolute atomic E-state index is 13.2. The fraction of sp³-hybridized carbons (Fsp3) is 0.385. The third-order valence-corrected chi connectivity index (χ3v) is 6.67. The molecule has 1 N–H and O–H groups in total. The van der Waals surface area contributed by atoms with Gasteiger partial charge in [-0.2, -0.15) is 5.10 Å². The second-order valence-corrected chi connectivity index (χ2v) is 8.99. The molecule has 0 saturated carbocycles. The van der Waals surface area contributed by atoms with Gasteiger partial charge in [0.05, 0.1) is 31.0 Å². The lowest BCUT2D eigenvalue weighted by Crippen LogP contribution is -2.37. The van der Waals surface area contributed by atoms with Crippen LogP contribution in [0.1, 0.15) is 51.6 Å². The fourth-order valence-electron chi connectivity index (χ4n) is 4.40. The van der Waals surface area contributed by atoms with E-state index in [-0.39, 0.29) is 11.9 Å². The molecule has 0 unspecified atom stereocenters. The summed E-state index contributed by atoms with van der Waals surface area (Å²) in [6, 6.07) is 16.4. The summed E-state index contributed by atoms with van der Waals surface area (Å²) >= 11 is 6.61. The second kappa shape index (κ2) is 10.4. The van der Waals surface area contributed by atoms with Gasteiger partial charge >= 0.3 is 0 Å². The van der Waals surface area contributed by atoms with Crippen LogP contribution in [0.15, 0.2) is 48.5 Å². The molecule has 1 aliphatic heterocycles. The molecule has 6 nitrogen and oxygen atoms in total. The van der Waals surface area contributed by atoms with Crippen LogP contribution < -0.4 is 10.1 Å². The third kappa shape index (κ3) is 5.40. The number of carbonyl (C=O) groups is 1. The molecule has 1 amide bonds. The molecule has 1 aromatic heterocycles. The number of aromatic nitrogens is 2. The molecule has 174 valence electrons. The number of rotatable bonds is 8. The lowest BCUT2D eigenvalue weighted by atomic mass is 10.0. The van der Waals surface area contributed by atoms with E-state index >= 15 is 0 Å². The van der Waals surface area contributed by atoms with E-state index in [1.807, 2.05) is 19.1 Å². The number of hydrogen-bond donors (Lipinski definition) is 1. The molecule has 7 heteroatoms. The number of halogens is 1. The van der Waals surface area contributed by atoms with Gasteiger partial charge in [-0.1, -0.05) is 53.6 Å². The van der Waals surface area contributed by atoms with Crippen molar-refractivity contribution >= 4 is 17.5 Å². The molecular weight excluding hydrogens is 436 g/mol. The molecular formula is C26H31ClN4O2. The summed E-state index contributed by atoms with van der Waals surface area (Å²) in [5.74, 6) is 0.636. The number of ether oxygens (including phenoxy) is 1. The Bertz CT molecular complexity index is 1090. The first-order valence-corrected chi connectivity index (χ1v) is 11.8. The minimum absolute atomic E-state index is 0.101. The molecule has 4 rings (SSSR count). The molecule has 3 aromatic rings. The molecule has 1 atom stereocenters. The molecule has 33 heavy (non-hydrogen) atoms. The molecule has 0 radical (unpaired) electrons. The van der Waals surface area contributed by atoms with E-state index < -0.39 is 0 Å². The number of nitrogens with zero attached hydrogens (tertiary/aromatic N) is 3. The van der Waals surface area contributed by atoms with Gasteiger partial charge < -0.3 is 10.1 Å². The van der Waals surface area contributed by atoms with Crippen LogP contribution in [-0.2, 0) is 6.54 Å². The predicted octanol–water partition coefficient (Wildman–Crippen LogP) is 4.78. The van der Waals surface area contributed by atoms with Gasteiger partial charge in [0.1, 0.15) is 10.9 Å². The topological polar surface area (TPSA) is 59.4 Å². The van der Waals surface area contributed by atoms with Crippen molar-refractivity contribution in [3.05, 3.63) is 81.6 Å². The number of aryl methyl sites for hydroxylation is 2. The van der Waals surface area contributed by atoms with Crippen LogP contribution in [0.2, 0.25) is 5.15 Å². The Morgan fingerprint density at radius 1 is 1.09 bits per heavy atom. The van der Waals surface area contributed by atoms with Crippen LogP contribution in [0.25, 0.3) is 0 Å². The van der Waals surface area contributed by atoms with Gasteiger partial charge in [0.2, 0.25) is 0 Å². The van der Waals surface area contributed by atoms with Crippen LogP contribution in [0.5, 0.6) is 5.75 Å². The van der Waals surface area contributed by atoms with Crippen molar-refractivity contribution in [2.45, 2.75) is 39.3 Å². The van der Waals surface area contributed by atoms with Crippen molar-refractivity contribution in [2.24, 2.45) is 0 Å². The van der Waals surface area contributed by atoms with Crippen LogP contribution in [-0.4, -0.2) is 47.3 Å². The van der Waals surface area contributed by atoms with Crippen molar-refractivity contribution < 1.29 is 9.53 Å². The minimum atomic E-state index is -0.189. The lowest BCUT2D eigenvalue weighted by Gasteiger charge is -2.28. The van der Waals surface area contributed by atoms with Gasteiger partial charge in [-0.05, 0) is 63.0 Å². The predicted molar refractivity (Wildman–Crippen MR) is 131 cm³/mol. The standard InChI is InChI=1S/C26H31ClN4O2/c1-18-6-8-20(9-7-18)17-31-25(27)24(19(2)29-31)26(32)28-16-23(30-14-4-5-15-30)21-10-12-22(33-3)13-11-21/h6-13,23H,4-5,14-17H2,1-3H3,(H,28,32)/t23-/m1/s1. The van der Waals surface area contributed by atoms with Crippen LogP contribution in [0.4, 0.5) is 0 Å². The first kappa shape index (κ1) is 23.3. The van der Waals surface area contributed by atoms with Crippen molar-refractivity contribution in [3.63, 3.8) is 0 Å². The quantitative estimate of drug-likeness (QED) is 0.519. The van der Waals surface area contributed by atoms with Gasteiger partial charge in [-0.3, -0.25) is 9.69 Å². The van der Waals surface area contributed by atoms with Gasteiger partial charge in [-0.25, -0.2) is 4.68 Å². The first-order valence-electron chi connectivity index (χ1n) is 11.4. The Kier molecular flexibility index (Phi) is 7.36. The molecule has 2 aromatic carbocycles. The maximum atomic E-state index is 13.2.